The highest BCUT2D eigenvalue weighted by atomic mass is 32.1. The van der Waals surface area contributed by atoms with Gasteiger partial charge in [-0.2, -0.15) is 0 Å². The smallest absolute Gasteiger partial charge is 0.161 e. The molecule has 3 rings (SSSR count). The van der Waals surface area contributed by atoms with Gasteiger partial charge in [0.1, 0.15) is 13.2 Å². The highest BCUT2D eigenvalue weighted by molar-refractivity contribution is 7.12. The molecule has 21 heavy (non-hydrogen) atoms. The van der Waals surface area contributed by atoms with E-state index < -0.39 is 6.10 Å². The third kappa shape index (κ3) is 2.90. The van der Waals surface area contributed by atoms with Crippen LogP contribution in [0.15, 0.2) is 30.3 Å². The number of aliphatic hydroxyl groups excluding tert-OH is 1. The van der Waals surface area contributed by atoms with Crippen molar-refractivity contribution in [1.82, 2.24) is 0 Å². The molecule has 2 atom stereocenters. The maximum atomic E-state index is 10.6. The molecule has 0 saturated carbocycles. The van der Waals surface area contributed by atoms with Crippen LogP contribution in [-0.2, 0) is 0 Å². The Kier molecular flexibility index (Phi) is 4.14. The molecule has 2 heterocycles. The van der Waals surface area contributed by atoms with E-state index in [0.29, 0.717) is 19.8 Å². The molecule has 3 N–H and O–H groups in total. The van der Waals surface area contributed by atoms with Gasteiger partial charge in [0.15, 0.2) is 11.5 Å². The predicted molar refractivity (Wildman–Crippen MR) is 83.2 cm³/mol. The van der Waals surface area contributed by atoms with Crippen LogP contribution >= 0.6 is 11.3 Å². The third-order valence-electron chi connectivity index (χ3n) is 3.68. The van der Waals surface area contributed by atoms with Crippen molar-refractivity contribution in [3.8, 4) is 11.5 Å². The van der Waals surface area contributed by atoms with Crippen molar-refractivity contribution in [3.05, 3.63) is 45.6 Å². The van der Waals surface area contributed by atoms with Gasteiger partial charge in [0.05, 0.1) is 6.10 Å². The maximum absolute atomic E-state index is 10.6. The molecule has 5 heteroatoms. The molecule has 0 fully saturated rings. The van der Waals surface area contributed by atoms with Crippen molar-refractivity contribution in [2.24, 2.45) is 5.73 Å². The molecule has 0 spiro atoms. The fourth-order valence-corrected chi connectivity index (χ4v) is 3.48. The van der Waals surface area contributed by atoms with Gasteiger partial charge in [-0.05, 0) is 36.8 Å². The summed E-state index contributed by atoms with van der Waals surface area (Å²) in [4.78, 5) is 2.12. The van der Waals surface area contributed by atoms with Crippen molar-refractivity contribution < 1.29 is 14.6 Å². The van der Waals surface area contributed by atoms with Gasteiger partial charge < -0.3 is 20.3 Å². The molecule has 0 amide bonds. The molecule has 4 nitrogen and oxygen atoms in total. The highest BCUT2D eigenvalue weighted by Crippen LogP contribution is 2.38. The predicted octanol–water partition coefficient (Wildman–Crippen LogP) is 2.60. The van der Waals surface area contributed by atoms with E-state index in [1.54, 1.807) is 11.3 Å². The lowest BCUT2D eigenvalue weighted by atomic mass is 9.92. The summed E-state index contributed by atoms with van der Waals surface area (Å²) in [5, 5.41) is 10.6. The quantitative estimate of drug-likeness (QED) is 0.911. The molecule has 0 bridgehead atoms. The van der Waals surface area contributed by atoms with Crippen LogP contribution in [0.1, 0.15) is 27.3 Å². The summed E-state index contributed by atoms with van der Waals surface area (Å²) < 4.78 is 11.1. The number of fused-ring (bicyclic) bond motifs is 1. The Labute approximate surface area is 128 Å². The zero-order chi connectivity index (χ0) is 14.8. The first-order valence-electron chi connectivity index (χ1n) is 7.03. The minimum absolute atomic E-state index is 0.154. The summed E-state index contributed by atoms with van der Waals surface area (Å²) in [5.41, 5.74) is 6.87. The number of nitrogens with two attached hydrogens (primary N) is 1. The van der Waals surface area contributed by atoms with Crippen molar-refractivity contribution in [1.29, 1.82) is 0 Å². The van der Waals surface area contributed by atoms with Crippen LogP contribution in [0.25, 0.3) is 0 Å². The Morgan fingerprint density at radius 1 is 1.19 bits per heavy atom. The van der Waals surface area contributed by atoms with Crippen LogP contribution in [0.3, 0.4) is 0 Å². The molecule has 112 valence electrons. The second-order valence-corrected chi connectivity index (χ2v) is 6.46. The second kappa shape index (κ2) is 6.05. The van der Waals surface area contributed by atoms with Crippen LogP contribution in [0.4, 0.5) is 0 Å². The molecule has 2 aromatic rings. The minimum atomic E-state index is -0.601. The van der Waals surface area contributed by atoms with Crippen LogP contribution in [-0.4, -0.2) is 24.9 Å². The van der Waals surface area contributed by atoms with Gasteiger partial charge in [0.2, 0.25) is 0 Å². The molecule has 2 unspecified atom stereocenters. The molecule has 0 radical (unpaired) electrons. The van der Waals surface area contributed by atoms with Gasteiger partial charge in [-0.1, -0.05) is 6.07 Å². The number of thiophene rings is 1. The fraction of sp³-hybridized carbons (Fsp3) is 0.375. The van der Waals surface area contributed by atoms with Crippen LogP contribution in [0, 0.1) is 6.92 Å². The van der Waals surface area contributed by atoms with Crippen molar-refractivity contribution >= 4 is 11.3 Å². The van der Waals surface area contributed by atoms with Gasteiger partial charge in [0.25, 0.3) is 0 Å². The summed E-state index contributed by atoms with van der Waals surface area (Å²) in [5.74, 6) is 1.33. The molecule has 1 aromatic carbocycles. The fourth-order valence-electron chi connectivity index (χ4n) is 2.55. The van der Waals surface area contributed by atoms with Crippen molar-refractivity contribution in [3.63, 3.8) is 0 Å². The number of aliphatic hydroxyl groups is 1. The number of ether oxygens (including phenoxy) is 2. The number of hydrogen-bond acceptors (Lipinski definition) is 5. The lowest BCUT2D eigenvalue weighted by Crippen LogP contribution is -2.20. The average Bonchev–Trinajstić information content (AvgIpc) is 2.94. The largest absolute Gasteiger partial charge is 0.486 e. The Morgan fingerprint density at radius 3 is 2.62 bits per heavy atom. The Morgan fingerprint density at radius 2 is 1.95 bits per heavy atom. The van der Waals surface area contributed by atoms with E-state index in [9.17, 15) is 5.11 Å². The van der Waals surface area contributed by atoms with Crippen LogP contribution in [0.5, 0.6) is 11.5 Å². The monoisotopic (exact) mass is 305 g/mol. The van der Waals surface area contributed by atoms with Crippen molar-refractivity contribution in [2.45, 2.75) is 18.9 Å². The first-order valence-corrected chi connectivity index (χ1v) is 7.84. The third-order valence-corrected chi connectivity index (χ3v) is 4.75. The number of hydrogen-bond donors (Lipinski definition) is 2. The average molecular weight is 305 g/mol. The van der Waals surface area contributed by atoms with Gasteiger partial charge >= 0.3 is 0 Å². The van der Waals surface area contributed by atoms with E-state index in [-0.39, 0.29) is 5.92 Å². The minimum Gasteiger partial charge on any atom is -0.486 e. The lowest BCUT2D eigenvalue weighted by molar-refractivity contribution is 0.149. The first kappa shape index (κ1) is 14.4. The Bertz CT molecular complexity index is 626. The van der Waals surface area contributed by atoms with Gasteiger partial charge in [-0.25, -0.2) is 0 Å². The number of rotatable bonds is 4. The standard InChI is InChI=1S/C16H19NO3S/c1-10-2-5-15(21-10)16(18)12(9-17)11-3-4-13-14(8-11)20-7-6-19-13/h2-5,8,12,16,18H,6-7,9,17H2,1H3. The summed E-state index contributed by atoms with van der Waals surface area (Å²) >= 11 is 1.60. The molecule has 1 aromatic heterocycles. The normalized spacial score (nSPS) is 16.5. The summed E-state index contributed by atoms with van der Waals surface area (Å²) in [6.45, 7) is 3.53. The van der Waals surface area contributed by atoms with Gasteiger partial charge in [-0.15, -0.1) is 11.3 Å². The molecule has 0 aliphatic carbocycles. The van der Waals surface area contributed by atoms with E-state index in [0.717, 1.165) is 21.9 Å². The highest BCUT2D eigenvalue weighted by Gasteiger charge is 2.24. The van der Waals surface area contributed by atoms with Crippen LogP contribution < -0.4 is 15.2 Å². The summed E-state index contributed by atoms with van der Waals surface area (Å²) in [6.07, 6.45) is -0.601. The number of aryl methyl sites for hydroxylation is 1. The zero-order valence-corrected chi connectivity index (χ0v) is 12.7. The van der Waals surface area contributed by atoms with E-state index in [2.05, 4.69) is 0 Å². The zero-order valence-electron chi connectivity index (χ0n) is 11.9. The molecule has 1 aliphatic heterocycles. The SMILES string of the molecule is Cc1ccc(C(O)C(CN)c2ccc3c(c2)OCCO3)s1. The second-order valence-electron chi connectivity index (χ2n) is 5.14. The van der Waals surface area contributed by atoms with Gasteiger partial charge in [-0.3, -0.25) is 0 Å². The number of benzene rings is 1. The van der Waals surface area contributed by atoms with Gasteiger partial charge in [0, 0.05) is 22.2 Å². The maximum Gasteiger partial charge on any atom is 0.161 e. The summed E-state index contributed by atoms with van der Waals surface area (Å²) in [6, 6.07) is 9.75. The van der Waals surface area contributed by atoms with Crippen LogP contribution in [0.2, 0.25) is 0 Å². The lowest BCUT2D eigenvalue weighted by Gasteiger charge is -2.24. The molecular formula is C16H19NO3S. The van der Waals surface area contributed by atoms with E-state index >= 15 is 0 Å². The molecular weight excluding hydrogens is 286 g/mol. The topological polar surface area (TPSA) is 64.7 Å². The first-order chi connectivity index (χ1) is 10.2. The van der Waals surface area contributed by atoms with E-state index in [4.69, 9.17) is 15.2 Å². The summed E-state index contributed by atoms with van der Waals surface area (Å²) in [7, 11) is 0. The molecule has 0 saturated heterocycles. The van der Waals surface area contributed by atoms with E-state index in [1.165, 1.54) is 4.88 Å². The molecule has 1 aliphatic rings. The van der Waals surface area contributed by atoms with Crippen molar-refractivity contribution in [2.75, 3.05) is 19.8 Å². The van der Waals surface area contributed by atoms with E-state index in [1.807, 2.05) is 37.3 Å². The Balaban J connectivity index is 1.89. The Hall–Kier alpha value is -1.56.